The molecule has 0 amide bonds. The lowest BCUT2D eigenvalue weighted by atomic mass is 10.00. The molecule has 168 valence electrons. The maximum Gasteiger partial charge on any atom is 0.150 e. The van der Waals surface area contributed by atoms with Crippen LogP contribution in [0.4, 0.5) is 0 Å². The van der Waals surface area contributed by atoms with E-state index >= 15 is 0 Å². The van der Waals surface area contributed by atoms with Crippen LogP contribution in [0.25, 0.3) is 44.0 Å². The molecule has 5 aromatic rings. The first kappa shape index (κ1) is 23.1. The molecule has 5 heteroatoms. The van der Waals surface area contributed by atoms with Crippen LogP contribution in [-0.2, 0) is 6.54 Å². The van der Waals surface area contributed by atoms with E-state index in [1.807, 2.05) is 24.3 Å². The molecule has 0 aliphatic rings. The number of aryl methyl sites for hydroxylation is 1. The first-order valence-electron chi connectivity index (χ1n) is 11.1. The van der Waals surface area contributed by atoms with Crippen molar-refractivity contribution in [1.29, 1.82) is 0 Å². The fourth-order valence-electron chi connectivity index (χ4n) is 4.61. The Balaban J connectivity index is 0.00000259. The van der Waals surface area contributed by atoms with E-state index in [1.54, 1.807) is 0 Å². The van der Waals surface area contributed by atoms with Crippen molar-refractivity contribution < 1.29 is 26.3 Å². The van der Waals surface area contributed by atoms with E-state index in [0.29, 0.717) is 5.56 Å². The van der Waals surface area contributed by atoms with Crippen LogP contribution in [0.2, 0.25) is 0 Å². The average Bonchev–Trinajstić information content (AvgIpc) is 3.18. The van der Waals surface area contributed by atoms with Gasteiger partial charge in [-0.3, -0.25) is 4.79 Å². The summed E-state index contributed by atoms with van der Waals surface area (Å²) in [5, 5.41) is 4.90. The Bertz CT molecular complexity index is 1450. The fourth-order valence-corrected chi connectivity index (χ4v) is 4.61. The number of rotatable bonds is 6. The number of quaternary nitrogens is 1. The van der Waals surface area contributed by atoms with Crippen molar-refractivity contribution in [2.45, 2.75) is 13.0 Å². The molecule has 0 aliphatic heterocycles. The van der Waals surface area contributed by atoms with Gasteiger partial charge < -0.3 is 26.0 Å². The minimum absolute atomic E-state index is 0. The maximum atomic E-state index is 11.2. The molecule has 0 saturated heterocycles. The number of nitrogens with zero attached hydrogens (tertiary/aromatic N) is 3. The van der Waals surface area contributed by atoms with Gasteiger partial charge in [0, 0.05) is 34.9 Å². The highest BCUT2D eigenvalue weighted by atomic mass is 79.9. The smallest absolute Gasteiger partial charge is 0.150 e. The normalized spacial score (nSPS) is 11.7. The second kappa shape index (κ2) is 9.08. The molecule has 0 aliphatic carbocycles. The second-order valence-corrected chi connectivity index (χ2v) is 9.48. The summed E-state index contributed by atoms with van der Waals surface area (Å²) in [5.41, 5.74) is 3.94. The van der Waals surface area contributed by atoms with Gasteiger partial charge in [0.05, 0.1) is 38.7 Å². The molecule has 1 aromatic heterocycles. The number of hydrogen-bond acceptors (Lipinski definition) is 2. The average molecular weight is 502 g/mol. The zero-order valence-electron chi connectivity index (χ0n) is 19.3. The highest BCUT2D eigenvalue weighted by Crippen LogP contribution is 2.37. The molecule has 0 saturated carbocycles. The summed E-state index contributed by atoms with van der Waals surface area (Å²) in [7, 11) is 6.69. The number of aldehydes is 1. The van der Waals surface area contributed by atoms with Crippen LogP contribution in [0.5, 0.6) is 0 Å². The van der Waals surface area contributed by atoms with Gasteiger partial charge >= 0.3 is 0 Å². The Hall–Kier alpha value is -3.02. The van der Waals surface area contributed by atoms with Gasteiger partial charge in [-0.05, 0) is 10.8 Å². The van der Waals surface area contributed by atoms with E-state index in [1.165, 1.54) is 27.1 Å². The van der Waals surface area contributed by atoms with Crippen LogP contribution < -0.4 is 17.0 Å². The topological polar surface area (TPSA) is 34.9 Å². The number of carbonyl (C=O) groups is 1. The second-order valence-electron chi connectivity index (χ2n) is 9.48. The van der Waals surface area contributed by atoms with Gasteiger partial charge in [0.2, 0.25) is 0 Å². The molecule has 0 radical (unpaired) electrons. The van der Waals surface area contributed by atoms with Crippen LogP contribution in [0.1, 0.15) is 16.8 Å². The van der Waals surface area contributed by atoms with Crippen LogP contribution >= 0.6 is 0 Å². The van der Waals surface area contributed by atoms with E-state index in [0.717, 1.165) is 47.2 Å². The zero-order valence-corrected chi connectivity index (χ0v) is 20.8. The summed E-state index contributed by atoms with van der Waals surface area (Å²) < 4.78 is 3.31. The van der Waals surface area contributed by atoms with Gasteiger partial charge in [0.15, 0.2) is 0 Å². The first-order valence-corrected chi connectivity index (χ1v) is 11.1. The van der Waals surface area contributed by atoms with Crippen molar-refractivity contribution in [2.24, 2.45) is 0 Å². The predicted octanol–water partition coefficient (Wildman–Crippen LogP) is 2.92. The maximum absolute atomic E-state index is 11.2. The molecule has 5 rings (SSSR count). The minimum atomic E-state index is 0. The van der Waals surface area contributed by atoms with Crippen LogP contribution in [0.15, 0.2) is 72.8 Å². The van der Waals surface area contributed by atoms with Gasteiger partial charge in [-0.15, -0.1) is 0 Å². The first-order chi connectivity index (χ1) is 15.5. The summed E-state index contributed by atoms with van der Waals surface area (Å²) >= 11 is 0. The zero-order chi connectivity index (χ0) is 22.3. The molecule has 4 aromatic carbocycles. The monoisotopic (exact) mass is 501 g/mol. The Kier molecular flexibility index (Phi) is 6.37. The number of halogens is 1. The van der Waals surface area contributed by atoms with E-state index in [-0.39, 0.29) is 17.0 Å². The van der Waals surface area contributed by atoms with Crippen molar-refractivity contribution in [3.63, 3.8) is 0 Å². The summed E-state index contributed by atoms with van der Waals surface area (Å²) in [6.45, 7) is 1.97. The van der Waals surface area contributed by atoms with Crippen LogP contribution in [-0.4, -0.2) is 48.0 Å². The number of hydrogen-bond donors (Lipinski definition) is 0. The quantitative estimate of drug-likeness (QED) is 0.203. The van der Waals surface area contributed by atoms with Gasteiger partial charge in [-0.1, -0.05) is 72.8 Å². The molecule has 0 spiro atoms. The molecule has 0 unspecified atom stereocenters. The molecule has 0 fully saturated rings. The largest absolute Gasteiger partial charge is 1.00 e. The van der Waals surface area contributed by atoms with Crippen molar-refractivity contribution >= 4 is 38.9 Å². The Morgan fingerprint density at radius 1 is 0.818 bits per heavy atom. The van der Waals surface area contributed by atoms with Crippen molar-refractivity contribution in [3.05, 3.63) is 78.4 Å². The van der Waals surface area contributed by atoms with Crippen LogP contribution in [0, 0.1) is 0 Å². The number of carbonyl (C=O) groups excluding carboxylic acids is 1. The fraction of sp³-hybridized carbons (Fsp3) is 0.214. The van der Waals surface area contributed by atoms with Gasteiger partial charge in [0.1, 0.15) is 12.1 Å². The molecule has 4 nitrogen and oxygen atoms in total. The van der Waals surface area contributed by atoms with E-state index in [4.69, 9.17) is 4.98 Å². The molecular formula is C28H28BrN3O. The molecule has 1 heterocycles. The van der Waals surface area contributed by atoms with E-state index in [9.17, 15) is 4.79 Å². The highest BCUT2D eigenvalue weighted by Gasteiger charge is 2.19. The lowest BCUT2D eigenvalue weighted by Gasteiger charge is -2.24. The molecule has 33 heavy (non-hydrogen) atoms. The SMILES string of the molecule is C[N+](C)(C)CCCn1c(-c2ccc(C=O)cc2)nc2c3ccccc3c3ccccc3c21.[Br-]. The lowest BCUT2D eigenvalue weighted by Crippen LogP contribution is -3.00. The number of benzene rings is 4. The van der Waals surface area contributed by atoms with Gasteiger partial charge in [-0.2, -0.15) is 0 Å². The third kappa shape index (κ3) is 4.31. The third-order valence-corrected chi connectivity index (χ3v) is 6.14. The summed E-state index contributed by atoms with van der Waals surface area (Å²) in [6.07, 6.45) is 1.94. The number of fused-ring (bicyclic) bond motifs is 6. The van der Waals surface area contributed by atoms with Gasteiger partial charge in [-0.25, -0.2) is 4.98 Å². The summed E-state index contributed by atoms with van der Waals surface area (Å²) in [6, 6.07) is 24.9. The Morgan fingerprint density at radius 3 is 2.00 bits per heavy atom. The number of imidazole rings is 1. The van der Waals surface area contributed by atoms with Crippen molar-refractivity contribution in [2.75, 3.05) is 27.7 Å². The van der Waals surface area contributed by atoms with E-state index in [2.05, 4.69) is 74.2 Å². The Labute approximate surface area is 204 Å². The minimum Gasteiger partial charge on any atom is -1.00 e. The van der Waals surface area contributed by atoms with E-state index < -0.39 is 0 Å². The molecule has 0 N–H and O–H groups in total. The van der Waals surface area contributed by atoms with Gasteiger partial charge in [0.25, 0.3) is 0 Å². The summed E-state index contributed by atoms with van der Waals surface area (Å²) in [5.74, 6) is 0.959. The molecule has 0 bridgehead atoms. The van der Waals surface area contributed by atoms with Crippen molar-refractivity contribution in [1.82, 2.24) is 9.55 Å². The highest BCUT2D eigenvalue weighted by molar-refractivity contribution is 6.23. The Morgan fingerprint density at radius 2 is 1.39 bits per heavy atom. The number of aromatic nitrogens is 2. The van der Waals surface area contributed by atoms with Crippen LogP contribution in [0.3, 0.4) is 0 Å². The third-order valence-electron chi connectivity index (χ3n) is 6.14. The summed E-state index contributed by atoms with van der Waals surface area (Å²) in [4.78, 5) is 16.4. The molecular weight excluding hydrogens is 474 g/mol. The van der Waals surface area contributed by atoms with Crippen molar-refractivity contribution in [3.8, 4) is 11.4 Å². The predicted molar refractivity (Wildman–Crippen MR) is 133 cm³/mol. The standard InChI is InChI=1S/C28H28N3O.BrH/c1-31(2,3)18-8-17-30-27-25-12-7-5-10-23(25)22-9-4-6-11-24(22)26(27)29-28(30)21-15-13-20(19-32)14-16-21;/h4-7,9-16,19H,8,17-18H2,1-3H3;1H/q+1;/p-1. The lowest BCUT2D eigenvalue weighted by molar-refractivity contribution is -0.870. The molecule has 0 atom stereocenters.